The number of hydrogen-bond donors (Lipinski definition) is 2. The first-order valence-electron chi connectivity index (χ1n) is 6.10. The molecular weight excluding hydrogens is 214 g/mol. The Morgan fingerprint density at radius 3 is 2.35 bits per heavy atom. The zero-order valence-corrected chi connectivity index (χ0v) is 11.2. The molecule has 0 heterocycles. The Hall–Kier alpha value is -1.06. The van der Waals surface area contributed by atoms with Crippen LogP contribution < -0.4 is 10.1 Å². The van der Waals surface area contributed by atoms with Gasteiger partial charge in [0.2, 0.25) is 0 Å². The third-order valence-electron chi connectivity index (χ3n) is 2.68. The molecule has 1 aromatic carbocycles. The summed E-state index contributed by atoms with van der Waals surface area (Å²) in [6.45, 7) is 7.33. The minimum atomic E-state index is -0.306. The standard InChI is InChI=1S/C14H23NO2/c1-10-7-13(9-15-4)8-11(2)14(10)17-6-5-12(3)16/h7-8,12,15-16H,5-6,9H2,1-4H3. The molecule has 0 aliphatic carbocycles. The smallest absolute Gasteiger partial charge is 0.125 e. The molecule has 0 fully saturated rings. The second kappa shape index (κ2) is 6.62. The van der Waals surface area contributed by atoms with Crippen LogP contribution in [0, 0.1) is 13.8 Å². The summed E-state index contributed by atoms with van der Waals surface area (Å²) in [5.41, 5.74) is 3.58. The topological polar surface area (TPSA) is 41.5 Å². The van der Waals surface area contributed by atoms with E-state index in [4.69, 9.17) is 4.74 Å². The second-order valence-electron chi connectivity index (χ2n) is 4.58. The predicted octanol–water partition coefficient (Wildman–Crippen LogP) is 2.17. The number of aryl methyl sites for hydroxylation is 2. The van der Waals surface area contributed by atoms with Crippen LogP contribution in [-0.2, 0) is 6.54 Å². The third kappa shape index (κ3) is 4.36. The number of rotatable bonds is 6. The van der Waals surface area contributed by atoms with Crippen molar-refractivity contribution in [3.8, 4) is 5.75 Å². The van der Waals surface area contributed by atoms with E-state index in [-0.39, 0.29) is 6.10 Å². The molecule has 0 aromatic heterocycles. The van der Waals surface area contributed by atoms with Gasteiger partial charge < -0.3 is 15.2 Å². The highest BCUT2D eigenvalue weighted by Crippen LogP contribution is 2.25. The molecule has 0 saturated carbocycles. The van der Waals surface area contributed by atoms with Crippen molar-refractivity contribution in [1.82, 2.24) is 5.32 Å². The molecule has 0 spiro atoms. The van der Waals surface area contributed by atoms with E-state index in [0.29, 0.717) is 13.0 Å². The van der Waals surface area contributed by atoms with Gasteiger partial charge in [0.25, 0.3) is 0 Å². The monoisotopic (exact) mass is 237 g/mol. The summed E-state index contributed by atoms with van der Waals surface area (Å²) in [6.07, 6.45) is 0.358. The molecule has 0 aliphatic rings. The molecule has 3 heteroatoms. The fraction of sp³-hybridized carbons (Fsp3) is 0.571. The summed E-state index contributed by atoms with van der Waals surface area (Å²) in [7, 11) is 1.94. The lowest BCUT2D eigenvalue weighted by Gasteiger charge is -2.14. The van der Waals surface area contributed by atoms with E-state index in [9.17, 15) is 5.11 Å². The van der Waals surface area contributed by atoms with Crippen molar-refractivity contribution in [2.24, 2.45) is 0 Å². The summed E-state index contributed by atoms with van der Waals surface area (Å²) in [5, 5.41) is 12.3. The Kier molecular flexibility index (Phi) is 5.45. The van der Waals surface area contributed by atoms with Crippen LogP contribution in [-0.4, -0.2) is 24.9 Å². The molecule has 0 bridgehead atoms. The minimum Gasteiger partial charge on any atom is -0.493 e. The maximum atomic E-state index is 9.19. The Balaban J connectivity index is 2.72. The van der Waals surface area contributed by atoms with Crippen LogP contribution in [0.1, 0.15) is 30.0 Å². The quantitative estimate of drug-likeness (QED) is 0.796. The molecule has 0 saturated heterocycles. The average molecular weight is 237 g/mol. The van der Waals surface area contributed by atoms with E-state index in [0.717, 1.165) is 23.4 Å². The predicted molar refractivity (Wildman–Crippen MR) is 70.5 cm³/mol. The number of benzene rings is 1. The Bertz CT molecular complexity index is 338. The van der Waals surface area contributed by atoms with Gasteiger partial charge in [0, 0.05) is 13.0 Å². The third-order valence-corrected chi connectivity index (χ3v) is 2.68. The van der Waals surface area contributed by atoms with Gasteiger partial charge in [-0.05, 0) is 44.5 Å². The summed E-state index contributed by atoms with van der Waals surface area (Å²) in [4.78, 5) is 0. The Labute approximate surface area is 104 Å². The van der Waals surface area contributed by atoms with Gasteiger partial charge in [-0.2, -0.15) is 0 Å². The van der Waals surface area contributed by atoms with E-state index in [1.54, 1.807) is 6.92 Å². The van der Waals surface area contributed by atoms with Gasteiger partial charge in [0.05, 0.1) is 12.7 Å². The summed E-state index contributed by atoms with van der Waals surface area (Å²) in [5.74, 6) is 0.950. The van der Waals surface area contributed by atoms with Gasteiger partial charge in [-0.25, -0.2) is 0 Å². The summed E-state index contributed by atoms with van der Waals surface area (Å²) >= 11 is 0. The zero-order valence-electron chi connectivity index (χ0n) is 11.2. The first-order chi connectivity index (χ1) is 8.04. The zero-order chi connectivity index (χ0) is 12.8. The van der Waals surface area contributed by atoms with Crippen molar-refractivity contribution in [2.75, 3.05) is 13.7 Å². The van der Waals surface area contributed by atoms with Crippen molar-refractivity contribution in [1.29, 1.82) is 0 Å². The maximum absolute atomic E-state index is 9.19. The molecule has 1 aromatic rings. The molecular formula is C14H23NO2. The lowest BCUT2D eigenvalue weighted by molar-refractivity contribution is 0.155. The van der Waals surface area contributed by atoms with Gasteiger partial charge in [0.1, 0.15) is 5.75 Å². The fourth-order valence-corrected chi connectivity index (χ4v) is 1.91. The number of aliphatic hydroxyl groups excluding tert-OH is 1. The van der Waals surface area contributed by atoms with Crippen molar-refractivity contribution in [2.45, 2.75) is 39.8 Å². The lowest BCUT2D eigenvalue weighted by atomic mass is 10.1. The van der Waals surface area contributed by atoms with Gasteiger partial charge >= 0.3 is 0 Å². The second-order valence-corrected chi connectivity index (χ2v) is 4.58. The molecule has 1 unspecified atom stereocenters. The van der Waals surface area contributed by atoms with Gasteiger partial charge in [0.15, 0.2) is 0 Å². The Morgan fingerprint density at radius 2 is 1.88 bits per heavy atom. The molecule has 3 nitrogen and oxygen atoms in total. The van der Waals surface area contributed by atoms with Crippen molar-refractivity contribution < 1.29 is 9.84 Å². The lowest BCUT2D eigenvalue weighted by Crippen LogP contribution is -2.10. The number of aliphatic hydroxyl groups is 1. The highest BCUT2D eigenvalue weighted by molar-refractivity contribution is 5.43. The van der Waals surface area contributed by atoms with E-state index in [1.807, 2.05) is 7.05 Å². The van der Waals surface area contributed by atoms with E-state index >= 15 is 0 Å². The van der Waals surface area contributed by atoms with E-state index in [2.05, 4.69) is 31.3 Å². The van der Waals surface area contributed by atoms with Crippen LogP contribution in [0.2, 0.25) is 0 Å². The van der Waals surface area contributed by atoms with Crippen LogP contribution >= 0.6 is 0 Å². The number of nitrogens with one attached hydrogen (secondary N) is 1. The van der Waals surface area contributed by atoms with Crippen molar-refractivity contribution in [3.63, 3.8) is 0 Å². The molecule has 2 N–H and O–H groups in total. The fourth-order valence-electron chi connectivity index (χ4n) is 1.91. The van der Waals surface area contributed by atoms with Crippen LogP contribution in [0.4, 0.5) is 0 Å². The molecule has 1 atom stereocenters. The van der Waals surface area contributed by atoms with E-state index in [1.165, 1.54) is 5.56 Å². The molecule has 0 radical (unpaired) electrons. The van der Waals surface area contributed by atoms with Crippen molar-refractivity contribution in [3.05, 3.63) is 28.8 Å². The highest BCUT2D eigenvalue weighted by atomic mass is 16.5. The van der Waals surface area contributed by atoms with Gasteiger partial charge in [-0.1, -0.05) is 12.1 Å². The van der Waals surface area contributed by atoms with Crippen LogP contribution in [0.15, 0.2) is 12.1 Å². The van der Waals surface area contributed by atoms with Gasteiger partial charge in [-0.15, -0.1) is 0 Å². The van der Waals surface area contributed by atoms with Crippen LogP contribution in [0.5, 0.6) is 5.75 Å². The Morgan fingerprint density at radius 1 is 1.29 bits per heavy atom. The maximum Gasteiger partial charge on any atom is 0.125 e. The molecule has 96 valence electrons. The molecule has 1 rings (SSSR count). The molecule has 0 amide bonds. The SMILES string of the molecule is CNCc1cc(C)c(OCCC(C)O)c(C)c1. The van der Waals surface area contributed by atoms with Crippen LogP contribution in [0.25, 0.3) is 0 Å². The molecule has 17 heavy (non-hydrogen) atoms. The largest absolute Gasteiger partial charge is 0.493 e. The summed E-state index contributed by atoms with van der Waals surface area (Å²) < 4.78 is 5.73. The van der Waals surface area contributed by atoms with Crippen LogP contribution in [0.3, 0.4) is 0 Å². The minimum absolute atomic E-state index is 0.306. The highest BCUT2D eigenvalue weighted by Gasteiger charge is 2.06. The van der Waals surface area contributed by atoms with Crippen molar-refractivity contribution >= 4 is 0 Å². The first-order valence-corrected chi connectivity index (χ1v) is 6.10. The summed E-state index contributed by atoms with van der Waals surface area (Å²) in [6, 6.07) is 4.28. The number of ether oxygens (including phenoxy) is 1. The number of hydrogen-bond acceptors (Lipinski definition) is 3. The van der Waals surface area contributed by atoms with Gasteiger partial charge in [-0.3, -0.25) is 0 Å². The average Bonchev–Trinajstić information content (AvgIpc) is 2.22. The van der Waals surface area contributed by atoms with E-state index < -0.39 is 0 Å². The first kappa shape index (κ1) is 14.0. The molecule has 0 aliphatic heterocycles. The normalized spacial score (nSPS) is 12.5.